The van der Waals surface area contributed by atoms with Crippen LogP contribution in [-0.2, 0) is 0 Å². The summed E-state index contributed by atoms with van der Waals surface area (Å²) in [4.78, 5) is 9.27. The van der Waals surface area contributed by atoms with Crippen LogP contribution in [0.2, 0.25) is 0 Å². The van der Waals surface area contributed by atoms with Gasteiger partial charge in [-0.25, -0.2) is 0 Å². The Morgan fingerprint density at radius 1 is 1.10 bits per heavy atom. The third-order valence-corrected chi connectivity index (χ3v) is 3.53. The van der Waals surface area contributed by atoms with Gasteiger partial charge in [0.05, 0.1) is 0 Å². The van der Waals surface area contributed by atoms with Gasteiger partial charge in [0.15, 0.2) is 5.96 Å². The fourth-order valence-corrected chi connectivity index (χ4v) is 2.18. The van der Waals surface area contributed by atoms with Gasteiger partial charge >= 0.3 is 0 Å². The van der Waals surface area contributed by atoms with E-state index in [0.29, 0.717) is 5.92 Å². The fraction of sp³-hybridized carbons (Fsp3) is 0.929. The van der Waals surface area contributed by atoms with Crippen LogP contribution in [0.15, 0.2) is 4.99 Å². The van der Waals surface area contributed by atoms with Crippen molar-refractivity contribution in [2.24, 2.45) is 10.9 Å². The Morgan fingerprint density at radius 2 is 1.70 bits per heavy atom. The zero-order chi connectivity index (χ0) is 14.1. The minimum atomic E-state index is 0. The highest BCUT2D eigenvalue weighted by Crippen LogP contribution is 1.99. The molecular formula is C14H32IN5. The molecule has 0 spiro atoms. The van der Waals surface area contributed by atoms with Crippen LogP contribution >= 0.6 is 24.0 Å². The molecule has 1 rings (SSSR count). The molecule has 0 bridgehead atoms. The summed E-state index contributed by atoms with van der Waals surface area (Å²) < 4.78 is 0. The van der Waals surface area contributed by atoms with Gasteiger partial charge in [-0.1, -0.05) is 20.8 Å². The Morgan fingerprint density at radius 3 is 2.20 bits per heavy atom. The van der Waals surface area contributed by atoms with E-state index < -0.39 is 0 Å². The average Bonchev–Trinajstić information content (AvgIpc) is 2.43. The van der Waals surface area contributed by atoms with Crippen LogP contribution in [0, 0.1) is 5.92 Å². The number of aliphatic imine (C=N–C) groups is 1. The molecule has 0 aliphatic carbocycles. The summed E-state index contributed by atoms with van der Waals surface area (Å²) in [5, 5.41) is 6.72. The monoisotopic (exact) mass is 397 g/mol. The van der Waals surface area contributed by atoms with Gasteiger partial charge in [0, 0.05) is 52.9 Å². The van der Waals surface area contributed by atoms with Gasteiger partial charge in [-0.2, -0.15) is 0 Å². The van der Waals surface area contributed by atoms with Crippen LogP contribution in [0.5, 0.6) is 0 Å². The van der Waals surface area contributed by atoms with Crippen LogP contribution in [0.1, 0.15) is 20.8 Å². The SMILES string of the molecule is CCN1CCN(CCNC(=NC)NCC(C)C)CC1.I. The molecule has 5 nitrogen and oxygen atoms in total. The predicted octanol–water partition coefficient (Wildman–Crippen LogP) is 1.06. The standard InChI is InChI=1S/C14H31N5.HI/c1-5-18-8-10-19(11-9-18)7-6-16-14(15-4)17-12-13(2)3;/h13H,5-12H2,1-4H3,(H2,15,16,17);1H. The minimum absolute atomic E-state index is 0. The molecule has 0 saturated carbocycles. The minimum Gasteiger partial charge on any atom is -0.356 e. The second-order valence-corrected chi connectivity index (χ2v) is 5.55. The smallest absolute Gasteiger partial charge is 0.191 e. The lowest BCUT2D eigenvalue weighted by Crippen LogP contribution is -2.49. The summed E-state index contributed by atoms with van der Waals surface area (Å²) in [5.74, 6) is 1.56. The molecule has 0 amide bonds. The molecule has 0 unspecified atom stereocenters. The second-order valence-electron chi connectivity index (χ2n) is 5.55. The van der Waals surface area contributed by atoms with E-state index in [-0.39, 0.29) is 24.0 Å². The van der Waals surface area contributed by atoms with E-state index in [1.807, 2.05) is 7.05 Å². The Bertz CT molecular complexity index is 262. The summed E-state index contributed by atoms with van der Waals surface area (Å²) in [6.07, 6.45) is 0. The van der Waals surface area contributed by atoms with Crippen molar-refractivity contribution in [2.75, 3.05) is 59.4 Å². The number of likely N-dealkylation sites (N-methyl/N-ethyl adjacent to an activating group) is 1. The van der Waals surface area contributed by atoms with E-state index in [2.05, 4.69) is 46.2 Å². The molecule has 1 aliphatic rings. The first-order valence-corrected chi connectivity index (χ1v) is 7.55. The molecule has 0 radical (unpaired) electrons. The predicted molar refractivity (Wildman–Crippen MR) is 98.2 cm³/mol. The van der Waals surface area contributed by atoms with Gasteiger partial charge in [-0.15, -0.1) is 24.0 Å². The van der Waals surface area contributed by atoms with Crippen LogP contribution < -0.4 is 10.6 Å². The van der Waals surface area contributed by atoms with Crippen LogP contribution in [0.4, 0.5) is 0 Å². The number of halogens is 1. The van der Waals surface area contributed by atoms with E-state index in [9.17, 15) is 0 Å². The normalized spacial score (nSPS) is 17.9. The molecule has 6 heteroatoms. The number of hydrogen-bond acceptors (Lipinski definition) is 3. The first-order valence-electron chi connectivity index (χ1n) is 7.55. The molecule has 1 fully saturated rings. The van der Waals surface area contributed by atoms with Gasteiger partial charge in [0.25, 0.3) is 0 Å². The second kappa shape index (κ2) is 11.6. The zero-order valence-corrected chi connectivity index (χ0v) is 15.8. The third-order valence-electron chi connectivity index (χ3n) is 3.53. The van der Waals surface area contributed by atoms with Crippen molar-refractivity contribution in [3.05, 3.63) is 0 Å². The van der Waals surface area contributed by atoms with E-state index in [1.54, 1.807) is 0 Å². The van der Waals surface area contributed by atoms with Gasteiger partial charge in [-0.05, 0) is 12.5 Å². The van der Waals surface area contributed by atoms with Crippen molar-refractivity contribution < 1.29 is 0 Å². The summed E-state index contributed by atoms with van der Waals surface area (Å²) in [5.41, 5.74) is 0. The lowest BCUT2D eigenvalue weighted by molar-refractivity contribution is 0.139. The Hall–Kier alpha value is -0.0800. The summed E-state index contributed by atoms with van der Waals surface area (Å²) in [6, 6.07) is 0. The summed E-state index contributed by atoms with van der Waals surface area (Å²) in [6.45, 7) is 15.6. The maximum atomic E-state index is 4.24. The number of guanidine groups is 1. The van der Waals surface area contributed by atoms with E-state index in [1.165, 1.54) is 32.7 Å². The number of piperazine rings is 1. The number of nitrogens with one attached hydrogen (secondary N) is 2. The van der Waals surface area contributed by atoms with Gasteiger partial charge < -0.3 is 15.5 Å². The zero-order valence-electron chi connectivity index (χ0n) is 13.5. The van der Waals surface area contributed by atoms with Crippen molar-refractivity contribution >= 4 is 29.9 Å². The van der Waals surface area contributed by atoms with Gasteiger partial charge in [0.2, 0.25) is 0 Å². The molecule has 0 aromatic heterocycles. The Kier molecular flexibility index (Phi) is 11.5. The van der Waals surface area contributed by atoms with Crippen molar-refractivity contribution in [3.63, 3.8) is 0 Å². The van der Waals surface area contributed by atoms with E-state index in [0.717, 1.165) is 25.6 Å². The molecule has 120 valence electrons. The molecule has 20 heavy (non-hydrogen) atoms. The topological polar surface area (TPSA) is 42.9 Å². The quantitative estimate of drug-likeness (QED) is 0.400. The van der Waals surface area contributed by atoms with Gasteiger partial charge in [0.1, 0.15) is 0 Å². The highest BCUT2D eigenvalue weighted by Gasteiger charge is 2.14. The molecule has 0 atom stereocenters. The molecule has 2 N–H and O–H groups in total. The number of nitrogens with zero attached hydrogens (tertiary/aromatic N) is 3. The summed E-state index contributed by atoms with van der Waals surface area (Å²) in [7, 11) is 1.83. The fourth-order valence-electron chi connectivity index (χ4n) is 2.18. The first kappa shape index (κ1) is 19.9. The van der Waals surface area contributed by atoms with E-state index in [4.69, 9.17) is 0 Å². The van der Waals surface area contributed by atoms with Crippen LogP contribution in [-0.4, -0.2) is 75.2 Å². The molecular weight excluding hydrogens is 365 g/mol. The molecule has 0 aromatic rings. The molecule has 1 aliphatic heterocycles. The number of hydrogen-bond donors (Lipinski definition) is 2. The van der Waals surface area contributed by atoms with Crippen molar-refractivity contribution in [2.45, 2.75) is 20.8 Å². The van der Waals surface area contributed by atoms with E-state index >= 15 is 0 Å². The van der Waals surface area contributed by atoms with Gasteiger partial charge in [-0.3, -0.25) is 9.89 Å². The highest BCUT2D eigenvalue weighted by molar-refractivity contribution is 14.0. The van der Waals surface area contributed by atoms with Crippen molar-refractivity contribution in [1.29, 1.82) is 0 Å². The number of rotatable bonds is 6. The van der Waals surface area contributed by atoms with Crippen molar-refractivity contribution in [1.82, 2.24) is 20.4 Å². The Labute approximate surface area is 141 Å². The lowest BCUT2D eigenvalue weighted by atomic mass is 10.2. The van der Waals surface area contributed by atoms with Crippen LogP contribution in [0.3, 0.4) is 0 Å². The Balaban J connectivity index is 0.00000361. The largest absolute Gasteiger partial charge is 0.356 e. The first-order chi connectivity index (χ1) is 9.15. The molecule has 1 heterocycles. The molecule has 0 aromatic carbocycles. The average molecular weight is 397 g/mol. The lowest BCUT2D eigenvalue weighted by Gasteiger charge is -2.34. The third kappa shape index (κ3) is 8.26. The maximum absolute atomic E-state index is 4.24. The maximum Gasteiger partial charge on any atom is 0.191 e. The van der Waals surface area contributed by atoms with Crippen LogP contribution in [0.25, 0.3) is 0 Å². The van der Waals surface area contributed by atoms with Crippen molar-refractivity contribution in [3.8, 4) is 0 Å². The highest BCUT2D eigenvalue weighted by atomic mass is 127. The molecule has 1 saturated heterocycles. The summed E-state index contributed by atoms with van der Waals surface area (Å²) >= 11 is 0.